The summed E-state index contributed by atoms with van der Waals surface area (Å²) in [5.41, 5.74) is 0. The molecule has 1 saturated heterocycles. The highest BCUT2D eigenvalue weighted by Crippen LogP contribution is 2.12. The van der Waals surface area contributed by atoms with Crippen LogP contribution in [0.15, 0.2) is 0 Å². The molecule has 0 bridgehead atoms. The van der Waals surface area contributed by atoms with E-state index in [9.17, 15) is 4.79 Å². The SMILES string of the molecule is CCNC(C)CC(=O)N1C[C@@H](C)O[C@@H](C)C1. The van der Waals surface area contributed by atoms with Gasteiger partial charge in [0.2, 0.25) is 5.91 Å². The van der Waals surface area contributed by atoms with Crippen molar-refractivity contribution in [2.45, 2.75) is 52.4 Å². The molecule has 0 aromatic carbocycles. The summed E-state index contributed by atoms with van der Waals surface area (Å²) >= 11 is 0. The third-order valence-electron chi connectivity index (χ3n) is 2.81. The van der Waals surface area contributed by atoms with Crippen LogP contribution in [0.2, 0.25) is 0 Å². The van der Waals surface area contributed by atoms with Crippen molar-refractivity contribution in [3.63, 3.8) is 0 Å². The summed E-state index contributed by atoms with van der Waals surface area (Å²) in [5, 5.41) is 3.26. The largest absolute Gasteiger partial charge is 0.372 e. The molecule has 1 amide bonds. The van der Waals surface area contributed by atoms with Crippen molar-refractivity contribution in [2.75, 3.05) is 19.6 Å². The van der Waals surface area contributed by atoms with Crippen LogP contribution >= 0.6 is 0 Å². The number of ether oxygens (including phenoxy) is 1. The predicted octanol–water partition coefficient (Wildman–Crippen LogP) is 1.01. The van der Waals surface area contributed by atoms with E-state index >= 15 is 0 Å². The molecule has 1 heterocycles. The molecule has 1 rings (SSSR count). The van der Waals surface area contributed by atoms with Gasteiger partial charge in [0.15, 0.2) is 0 Å². The lowest BCUT2D eigenvalue weighted by Crippen LogP contribution is -2.49. The molecule has 1 N–H and O–H groups in total. The average Bonchev–Trinajstić information content (AvgIpc) is 2.16. The number of carbonyl (C=O) groups excluding carboxylic acids is 1. The van der Waals surface area contributed by atoms with E-state index in [1.165, 1.54) is 0 Å². The minimum atomic E-state index is 0.155. The second-order valence-electron chi connectivity index (χ2n) is 4.72. The molecule has 0 aliphatic carbocycles. The van der Waals surface area contributed by atoms with Crippen molar-refractivity contribution in [3.05, 3.63) is 0 Å². The van der Waals surface area contributed by atoms with Gasteiger partial charge in [-0.25, -0.2) is 0 Å². The Labute approximate surface area is 98.3 Å². The van der Waals surface area contributed by atoms with Crippen LogP contribution in [0.5, 0.6) is 0 Å². The zero-order valence-electron chi connectivity index (χ0n) is 10.8. The summed E-state index contributed by atoms with van der Waals surface area (Å²) < 4.78 is 5.61. The van der Waals surface area contributed by atoms with Gasteiger partial charge in [0.25, 0.3) is 0 Å². The third kappa shape index (κ3) is 4.10. The Morgan fingerprint density at radius 2 is 2.00 bits per heavy atom. The molecule has 1 aliphatic heterocycles. The fourth-order valence-corrected chi connectivity index (χ4v) is 2.19. The molecule has 0 radical (unpaired) electrons. The molecule has 0 aromatic heterocycles. The van der Waals surface area contributed by atoms with Crippen molar-refractivity contribution >= 4 is 5.91 Å². The monoisotopic (exact) mass is 228 g/mol. The molecular formula is C12H24N2O2. The maximum atomic E-state index is 12.0. The lowest BCUT2D eigenvalue weighted by atomic mass is 10.1. The van der Waals surface area contributed by atoms with Crippen molar-refractivity contribution in [2.24, 2.45) is 0 Å². The molecule has 94 valence electrons. The summed E-state index contributed by atoms with van der Waals surface area (Å²) in [6, 6.07) is 0.256. The zero-order valence-corrected chi connectivity index (χ0v) is 10.8. The summed E-state index contributed by atoms with van der Waals surface area (Å²) in [7, 11) is 0. The normalized spacial score (nSPS) is 27.9. The van der Waals surface area contributed by atoms with Crippen LogP contribution in [0, 0.1) is 0 Å². The first-order chi connectivity index (χ1) is 7.52. The second kappa shape index (κ2) is 6.21. The zero-order chi connectivity index (χ0) is 12.1. The topological polar surface area (TPSA) is 41.6 Å². The van der Waals surface area contributed by atoms with Crippen LogP contribution in [0.1, 0.15) is 34.1 Å². The van der Waals surface area contributed by atoms with E-state index in [-0.39, 0.29) is 24.2 Å². The van der Waals surface area contributed by atoms with Gasteiger partial charge in [0.05, 0.1) is 12.2 Å². The summed E-state index contributed by atoms with van der Waals surface area (Å²) in [4.78, 5) is 13.9. The molecule has 0 saturated carbocycles. The molecule has 4 heteroatoms. The third-order valence-corrected chi connectivity index (χ3v) is 2.81. The van der Waals surface area contributed by atoms with E-state index in [1.807, 2.05) is 18.7 Å². The number of hydrogen-bond acceptors (Lipinski definition) is 3. The number of rotatable bonds is 4. The summed E-state index contributed by atoms with van der Waals surface area (Å²) in [5.74, 6) is 0.232. The first-order valence-corrected chi connectivity index (χ1v) is 6.19. The van der Waals surface area contributed by atoms with Crippen LogP contribution < -0.4 is 5.32 Å². The standard InChI is InChI=1S/C12H24N2O2/c1-5-13-9(2)6-12(15)14-7-10(3)16-11(4)8-14/h9-11,13H,5-8H2,1-4H3/t9?,10-,11+. The predicted molar refractivity (Wildman–Crippen MR) is 64.3 cm³/mol. The molecule has 3 atom stereocenters. The molecule has 1 fully saturated rings. The quantitative estimate of drug-likeness (QED) is 0.781. The van der Waals surface area contributed by atoms with Crippen LogP contribution in [-0.2, 0) is 9.53 Å². The number of nitrogens with zero attached hydrogens (tertiary/aromatic N) is 1. The van der Waals surface area contributed by atoms with E-state index in [0.29, 0.717) is 6.42 Å². The van der Waals surface area contributed by atoms with Crippen LogP contribution in [-0.4, -0.2) is 48.7 Å². The molecule has 4 nitrogen and oxygen atoms in total. The highest BCUT2D eigenvalue weighted by molar-refractivity contribution is 5.77. The maximum Gasteiger partial charge on any atom is 0.224 e. The van der Waals surface area contributed by atoms with Crippen molar-refractivity contribution < 1.29 is 9.53 Å². The van der Waals surface area contributed by atoms with E-state index in [0.717, 1.165) is 19.6 Å². The molecule has 0 spiro atoms. The Hall–Kier alpha value is -0.610. The van der Waals surface area contributed by atoms with Crippen molar-refractivity contribution in [1.29, 1.82) is 0 Å². The van der Waals surface area contributed by atoms with Gasteiger partial charge in [-0.05, 0) is 27.3 Å². The Bertz CT molecular complexity index is 223. The Morgan fingerprint density at radius 3 is 2.50 bits per heavy atom. The molecule has 1 unspecified atom stereocenters. The van der Waals surface area contributed by atoms with Gasteiger partial charge in [0.1, 0.15) is 0 Å². The average molecular weight is 228 g/mol. The van der Waals surface area contributed by atoms with Gasteiger partial charge in [-0.3, -0.25) is 4.79 Å². The molecular weight excluding hydrogens is 204 g/mol. The van der Waals surface area contributed by atoms with Crippen LogP contribution in [0.25, 0.3) is 0 Å². The van der Waals surface area contributed by atoms with Gasteiger partial charge in [0, 0.05) is 25.6 Å². The van der Waals surface area contributed by atoms with Gasteiger partial charge < -0.3 is 15.0 Å². The van der Waals surface area contributed by atoms with E-state index in [4.69, 9.17) is 4.74 Å². The minimum Gasteiger partial charge on any atom is -0.372 e. The molecule has 1 aliphatic rings. The van der Waals surface area contributed by atoms with Crippen LogP contribution in [0.4, 0.5) is 0 Å². The number of amides is 1. The fourth-order valence-electron chi connectivity index (χ4n) is 2.19. The van der Waals surface area contributed by atoms with Crippen molar-refractivity contribution in [3.8, 4) is 0 Å². The Balaban J connectivity index is 2.40. The number of morpholine rings is 1. The Morgan fingerprint density at radius 1 is 1.44 bits per heavy atom. The van der Waals surface area contributed by atoms with E-state index < -0.39 is 0 Å². The number of nitrogens with one attached hydrogen (secondary N) is 1. The van der Waals surface area contributed by atoms with Crippen molar-refractivity contribution in [1.82, 2.24) is 10.2 Å². The lowest BCUT2D eigenvalue weighted by Gasteiger charge is -2.35. The molecule has 0 aromatic rings. The molecule has 16 heavy (non-hydrogen) atoms. The highest BCUT2D eigenvalue weighted by Gasteiger charge is 2.26. The summed E-state index contributed by atoms with van der Waals surface area (Å²) in [6.07, 6.45) is 0.886. The van der Waals surface area contributed by atoms with Gasteiger partial charge >= 0.3 is 0 Å². The lowest BCUT2D eigenvalue weighted by molar-refractivity contribution is -0.143. The van der Waals surface area contributed by atoms with Gasteiger partial charge in [-0.2, -0.15) is 0 Å². The van der Waals surface area contributed by atoms with E-state index in [2.05, 4.69) is 19.2 Å². The first kappa shape index (κ1) is 13.5. The fraction of sp³-hybridized carbons (Fsp3) is 0.917. The second-order valence-corrected chi connectivity index (χ2v) is 4.72. The van der Waals surface area contributed by atoms with Gasteiger partial charge in [-0.1, -0.05) is 6.92 Å². The van der Waals surface area contributed by atoms with E-state index in [1.54, 1.807) is 0 Å². The highest BCUT2D eigenvalue weighted by atomic mass is 16.5. The summed E-state index contributed by atoms with van der Waals surface area (Å²) in [6.45, 7) is 10.5. The maximum absolute atomic E-state index is 12.0. The smallest absolute Gasteiger partial charge is 0.224 e. The van der Waals surface area contributed by atoms with Gasteiger partial charge in [-0.15, -0.1) is 0 Å². The Kier molecular flexibility index (Phi) is 5.22. The first-order valence-electron chi connectivity index (χ1n) is 6.19. The van der Waals surface area contributed by atoms with Crippen LogP contribution in [0.3, 0.4) is 0 Å². The minimum absolute atomic E-state index is 0.155. The number of hydrogen-bond donors (Lipinski definition) is 1. The number of carbonyl (C=O) groups is 1.